The molecule has 6 heteroatoms. The number of aromatic nitrogens is 1. The summed E-state index contributed by atoms with van der Waals surface area (Å²) in [4.78, 5) is 11.5. The number of carboxylic acid groups (broad SMARTS) is 1. The molecule has 180 valence electrons. The zero-order valence-corrected chi connectivity index (χ0v) is 19.4. The van der Waals surface area contributed by atoms with Gasteiger partial charge in [-0.1, -0.05) is 42.5 Å². The first kappa shape index (κ1) is 23.2. The zero-order chi connectivity index (χ0) is 24.9. The van der Waals surface area contributed by atoms with Gasteiger partial charge in [0.05, 0.1) is 6.42 Å². The van der Waals surface area contributed by atoms with E-state index in [1.165, 1.54) is 12.1 Å². The number of carboxylic acids is 1. The summed E-state index contributed by atoms with van der Waals surface area (Å²) in [6.45, 7) is 0.961. The van der Waals surface area contributed by atoms with Crippen LogP contribution in [0.1, 0.15) is 16.7 Å². The molecule has 1 heterocycles. The number of halogens is 1. The van der Waals surface area contributed by atoms with Crippen molar-refractivity contribution in [2.45, 2.75) is 19.6 Å². The average molecular weight is 482 g/mol. The van der Waals surface area contributed by atoms with E-state index in [2.05, 4.69) is 0 Å². The number of rotatable bonds is 9. The fourth-order valence-corrected chi connectivity index (χ4v) is 4.16. The standard InChI is InChI=1S/C30H24FNO4/c31-24-9-11-25(12-10-24)36-27-8-4-7-22(15-27)18-32-19-23(16-30(33)34)28-17-26(13-14-29(28)32)35-20-21-5-2-1-3-6-21/h1-15,17,19H,16,18,20H2,(H,33,34). The highest BCUT2D eigenvalue weighted by molar-refractivity contribution is 5.88. The van der Waals surface area contributed by atoms with Crippen molar-refractivity contribution in [2.24, 2.45) is 0 Å². The number of carbonyl (C=O) groups is 1. The number of aliphatic carboxylic acids is 1. The summed E-state index contributed by atoms with van der Waals surface area (Å²) in [5.74, 6) is 0.663. The van der Waals surface area contributed by atoms with Crippen LogP contribution in [0.25, 0.3) is 10.9 Å². The molecule has 0 fully saturated rings. The van der Waals surface area contributed by atoms with E-state index in [-0.39, 0.29) is 12.2 Å². The van der Waals surface area contributed by atoms with Crippen LogP contribution in [0.2, 0.25) is 0 Å². The third-order valence-electron chi connectivity index (χ3n) is 5.83. The second kappa shape index (κ2) is 10.4. The van der Waals surface area contributed by atoms with Gasteiger partial charge in [0.25, 0.3) is 0 Å². The molecule has 0 atom stereocenters. The van der Waals surface area contributed by atoms with Gasteiger partial charge in [-0.25, -0.2) is 4.39 Å². The van der Waals surface area contributed by atoms with Gasteiger partial charge in [-0.05, 0) is 71.3 Å². The van der Waals surface area contributed by atoms with Gasteiger partial charge < -0.3 is 19.1 Å². The SMILES string of the molecule is O=C(O)Cc1cn(Cc2cccc(Oc3ccc(F)cc3)c2)c2ccc(OCc3ccccc3)cc12. The second-order valence-electron chi connectivity index (χ2n) is 8.51. The third-order valence-corrected chi connectivity index (χ3v) is 5.83. The van der Waals surface area contributed by atoms with E-state index in [0.29, 0.717) is 30.4 Å². The third kappa shape index (κ3) is 5.55. The Morgan fingerprint density at radius 1 is 0.806 bits per heavy atom. The maximum atomic E-state index is 13.2. The molecule has 4 aromatic carbocycles. The van der Waals surface area contributed by atoms with Gasteiger partial charge in [-0.15, -0.1) is 0 Å². The van der Waals surface area contributed by atoms with Crippen molar-refractivity contribution < 1.29 is 23.8 Å². The summed E-state index contributed by atoms with van der Waals surface area (Å²) >= 11 is 0. The molecule has 0 saturated heterocycles. The van der Waals surface area contributed by atoms with Crippen LogP contribution in [-0.4, -0.2) is 15.6 Å². The lowest BCUT2D eigenvalue weighted by molar-refractivity contribution is -0.136. The van der Waals surface area contributed by atoms with Crippen molar-refractivity contribution in [1.29, 1.82) is 0 Å². The lowest BCUT2D eigenvalue weighted by Gasteiger charge is -2.10. The summed E-state index contributed by atoms with van der Waals surface area (Å²) < 4.78 is 27.1. The molecule has 0 bridgehead atoms. The smallest absolute Gasteiger partial charge is 0.307 e. The molecule has 0 radical (unpaired) electrons. The zero-order valence-electron chi connectivity index (χ0n) is 19.4. The predicted molar refractivity (Wildman–Crippen MR) is 136 cm³/mol. The van der Waals surface area contributed by atoms with Crippen LogP contribution in [0.3, 0.4) is 0 Å². The van der Waals surface area contributed by atoms with Crippen LogP contribution in [0.4, 0.5) is 4.39 Å². The molecule has 36 heavy (non-hydrogen) atoms. The Morgan fingerprint density at radius 3 is 2.33 bits per heavy atom. The highest BCUT2D eigenvalue weighted by Gasteiger charge is 2.13. The molecule has 5 aromatic rings. The molecule has 0 aliphatic heterocycles. The van der Waals surface area contributed by atoms with Gasteiger partial charge >= 0.3 is 5.97 Å². The molecule has 0 saturated carbocycles. The van der Waals surface area contributed by atoms with Crippen molar-refractivity contribution in [2.75, 3.05) is 0 Å². The maximum Gasteiger partial charge on any atom is 0.307 e. The molecular formula is C30H24FNO4. The maximum absolute atomic E-state index is 13.2. The molecule has 0 aliphatic rings. The Morgan fingerprint density at radius 2 is 1.56 bits per heavy atom. The second-order valence-corrected chi connectivity index (χ2v) is 8.51. The molecule has 0 spiro atoms. The average Bonchev–Trinajstić information content (AvgIpc) is 3.20. The van der Waals surface area contributed by atoms with Crippen LogP contribution in [-0.2, 0) is 24.4 Å². The van der Waals surface area contributed by atoms with Gasteiger partial charge in [0, 0.05) is 23.6 Å². The van der Waals surface area contributed by atoms with Crippen LogP contribution >= 0.6 is 0 Å². The quantitative estimate of drug-likeness (QED) is 0.251. The van der Waals surface area contributed by atoms with Gasteiger partial charge in [0.2, 0.25) is 0 Å². The summed E-state index contributed by atoms with van der Waals surface area (Å²) in [7, 11) is 0. The molecule has 0 aliphatic carbocycles. The number of fused-ring (bicyclic) bond motifs is 1. The minimum atomic E-state index is -0.889. The molecule has 0 amide bonds. The van der Waals surface area contributed by atoms with Crippen LogP contribution in [0.15, 0.2) is 103 Å². The Balaban J connectivity index is 1.39. The predicted octanol–water partition coefficient (Wildman–Crippen LogP) is 6.83. The Bertz CT molecular complexity index is 1490. The van der Waals surface area contributed by atoms with E-state index < -0.39 is 5.97 Å². The Labute approximate surface area is 208 Å². The molecule has 5 rings (SSSR count). The Hall–Kier alpha value is -4.58. The lowest BCUT2D eigenvalue weighted by atomic mass is 10.1. The normalized spacial score (nSPS) is 10.9. The summed E-state index contributed by atoms with van der Waals surface area (Å²) in [5.41, 5.74) is 3.69. The van der Waals surface area contributed by atoms with Crippen molar-refractivity contribution in [3.05, 3.63) is 126 Å². The molecule has 1 aromatic heterocycles. The molecule has 0 unspecified atom stereocenters. The highest BCUT2D eigenvalue weighted by atomic mass is 19.1. The topological polar surface area (TPSA) is 60.7 Å². The summed E-state index contributed by atoms with van der Waals surface area (Å²) in [5, 5.41) is 10.3. The van der Waals surface area contributed by atoms with E-state index >= 15 is 0 Å². The van der Waals surface area contributed by atoms with Gasteiger partial charge in [-0.3, -0.25) is 4.79 Å². The van der Waals surface area contributed by atoms with Gasteiger partial charge in [0.15, 0.2) is 0 Å². The van der Waals surface area contributed by atoms with Gasteiger partial charge in [-0.2, -0.15) is 0 Å². The fourth-order valence-electron chi connectivity index (χ4n) is 4.16. The first-order valence-electron chi connectivity index (χ1n) is 11.6. The fraction of sp³-hybridized carbons (Fsp3) is 0.100. The van der Waals surface area contributed by atoms with Crippen molar-refractivity contribution in [3.63, 3.8) is 0 Å². The number of nitrogens with zero attached hydrogens (tertiary/aromatic N) is 1. The van der Waals surface area contributed by atoms with E-state index in [1.54, 1.807) is 12.1 Å². The lowest BCUT2D eigenvalue weighted by Crippen LogP contribution is -2.00. The first-order chi connectivity index (χ1) is 17.5. The van der Waals surface area contributed by atoms with Crippen molar-refractivity contribution >= 4 is 16.9 Å². The summed E-state index contributed by atoms with van der Waals surface area (Å²) in [6, 6.07) is 29.2. The minimum Gasteiger partial charge on any atom is -0.489 e. The van der Waals surface area contributed by atoms with Crippen LogP contribution in [0, 0.1) is 5.82 Å². The van der Waals surface area contributed by atoms with E-state index in [4.69, 9.17) is 9.47 Å². The number of hydrogen-bond donors (Lipinski definition) is 1. The number of hydrogen-bond acceptors (Lipinski definition) is 3. The van der Waals surface area contributed by atoms with Crippen molar-refractivity contribution in [1.82, 2.24) is 4.57 Å². The number of ether oxygens (including phenoxy) is 2. The monoisotopic (exact) mass is 481 g/mol. The van der Waals surface area contributed by atoms with Crippen LogP contribution < -0.4 is 9.47 Å². The largest absolute Gasteiger partial charge is 0.489 e. The van der Waals surface area contributed by atoms with Crippen LogP contribution in [0.5, 0.6) is 17.2 Å². The van der Waals surface area contributed by atoms with E-state index in [0.717, 1.165) is 27.6 Å². The minimum absolute atomic E-state index is 0.0840. The Kier molecular flexibility index (Phi) is 6.67. The molecule has 5 nitrogen and oxygen atoms in total. The van der Waals surface area contributed by atoms with E-state index in [1.807, 2.05) is 83.6 Å². The molecule has 1 N–H and O–H groups in total. The first-order valence-corrected chi connectivity index (χ1v) is 11.6. The number of benzene rings is 4. The van der Waals surface area contributed by atoms with E-state index in [9.17, 15) is 14.3 Å². The molecular weight excluding hydrogens is 457 g/mol. The van der Waals surface area contributed by atoms with Crippen molar-refractivity contribution in [3.8, 4) is 17.2 Å². The summed E-state index contributed by atoms with van der Waals surface area (Å²) in [6.07, 6.45) is 1.80. The van der Waals surface area contributed by atoms with Gasteiger partial charge in [0.1, 0.15) is 29.7 Å². The highest BCUT2D eigenvalue weighted by Crippen LogP contribution is 2.29.